The fraction of sp³-hybridized carbons (Fsp3) is 0.379. The molecule has 1 fully saturated rings. The Morgan fingerprint density at radius 1 is 1.02 bits per heavy atom. The summed E-state index contributed by atoms with van der Waals surface area (Å²) >= 11 is 0. The third-order valence-electron chi connectivity index (χ3n) is 6.97. The number of ether oxygens (including phenoxy) is 5. The highest BCUT2D eigenvalue weighted by atomic mass is 32.2. The number of imidazole rings is 1. The van der Waals surface area contributed by atoms with Crippen LogP contribution in [0.2, 0.25) is 0 Å². The van der Waals surface area contributed by atoms with Gasteiger partial charge in [0.2, 0.25) is 5.16 Å². The van der Waals surface area contributed by atoms with E-state index in [9.17, 15) is 21.4 Å². The number of halogens is 2. The SMILES string of the molecule is COc1ccnc(CS(=O)c2nc3cc(OC(F)F)ccc3n2S(=O)(=O)c2ccc(OCCCN3CCOCC3)cc2)c1OC. The summed E-state index contributed by atoms with van der Waals surface area (Å²) in [5, 5.41) is -0.339. The zero-order valence-electron chi connectivity index (χ0n) is 24.6. The van der Waals surface area contributed by atoms with E-state index < -0.39 is 27.4 Å². The van der Waals surface area contributed by atoms with E-state index in [0.29, 0.717) is 18.1 Å². The van der Waals surface area contributed by atoms with Gasteiger partial charge in [0.15, 0.2) is 11.5 Å². The van der Waals surface area contributed by atoms with Crippen LogP contribution < -0.4 is 18.9 Å². The smallest absolute Gasteiger partial charge is 0.387 e. The Balaban J connectivity index is 1.43. The van der Waals surface area contributed by atoms with Gasteiger partial charge in [-0.25, -0.2) is 17.4 Å². The van der Waals surface area contributed by atoms with Crippen LogP contribution in [0.3, 0.4) is 0 Å². The lowest BCUT2D eigenvalue weighted by molar-refractivity contribution is -0.0497. The highest BCUT2D eigenvalue weighted by Crippen LogP contribution is 2.33. The van der Waals surface area contributed by atoms with Crippen molar-refractivity contribution in [2.24, 2.45) is 0 Å². The van der Waals surface area contributed by atoms with Crippen molar-refractivity contribution in [2.45, 2.75) is 28.8 Å². The maximum absolute atomic E-state index is 14.0. The second-order valence-electron chi connectivity index (χ2n) is 9.80. The molecule has 12 nitrogen and oxygen atoms in total. The van der Waals surface area contributed by atoms with Crippen molar-refractivity contribution in [3.8, 4) is 23.0 Å². The molecule has 1 aliphatic rings. The summed E-state index contributed by atoms with van der Waals surface area (Å²) < 4.78 is 94.8. The Morgan fingerprint density at radius 2 is 1.76 bits per heavy atom. The van der Waals surface area contributed by atoms with Gasteiger partial charge < -0.3 is 23.7 Å². The molecular weight excluding hydrogens is 634 g/mol. The van der Waals surface area contributed by atoms with Crippen LogP contribution in [0.4, 0.5) is 8.78 Å². The lowest BCUT2D eigenvalue weighted by Gasteiger charge is -2.26. The molecule has 3 heterocycles. The largest absolute Gasteiger partial charge is 0.494 e. The van der Waals surface area contributed by atoms with Gasteiger partial charge in [0.1, 0.15) is 11.5 Å². The molecule has 1 aliphatic heterocycles. The summed E-state index contributed by atoms with van der Waals surface area (Å²) in [7, 11) is -3.66. The van der Waals surface area contributed by atoms with Crippen molar-refractivity contribution >= 4 is 31.9 Å². The van der Waals surface area contributed by atoms with Gasteiger partial charge in [0, 0.05) is 38.0 Å². The molecule has 4 aromatic rings. The molecule has 0 amide bonds. The Morgan fingerprint density at radius 3 is 2.44 bits per heavy atom. The summed E-state index contributed by atoms with van der Waals surface area (Å²) in [5.74, 6) is 0.546. The highest BCUT2D eigenvalue weighted by Gasteiger charge is 2.29. The van der Waals surface area contributed by atoms with Gasteiger partial charge in [-0.3, -0.25) is 14.1 Å². The molecule has 16 heteroatoms. The number of methoxy groups -OCH3 is 2. The average Bonchev–Trinajstić information content (AvgIpc) is 3.43. The number of fused-ring (bicyclic) bond motifs is 1. The van der Waals surface area contributed by atoms with Crippen LogP contribution in [0.15, 0.2) is 64.8 Å². The molecule has 242 valence electrons. The predicted molar refractivity (Wildman–Crippen MR) is 160 cm³/mol. The van der Waals surface area contributed by atoms with Crippen LogP contribution in [-0.2, 0) is 31.3 Å². The Bertz CT molecular complexity index is 1750. The van der Waals surface area contributed by atoms with Crippen LogP contribution in [0.25, 0.3) is 11.0 Å². The van der Waals surface area contributed by atoms with E-state index in [2.05, 4.69) is 19.6 Å². The molecule has 0 N–H and O–H groups in total. The van der Waals surface area contributed by atoms with Crippen molar-refractivity contribution in [3.63, 3.8) is 0 Å². The van der Waals surface area contributed by atoms with Crippen LogP contribution in [0, 0.1) is 0 Å². The fourth-order valence-electron chi connectivity index (χ4n) is 4.83. The number of rotatable bonds is 14. The first-order valence-electron chi connectivity index (χ1n) is 13.9. The molecular formula is C29H32F2N4O8S2. The number of hydrogen-bond acceptors (Lipinski definition) is 11. The van der Waals surface area contributed by atoms with Gasteiger partial charge in [-0.15, -0.1) is 0 Å². The van der Waals surface area contributed by atoms with E-state index in [1.54, 1.807) is 6.07 Å². The van der Waals surface area contributed by atoms with Gasteiger partial charge in [-0.05, 0) is 42.8 Å². The Hall–Kier alpha value is -3.86. The zero-order chi connectivity index (χ0) is 32.0. The third kappa shape index (κ3) is 7.52. The lowest BCUT2D eigenvalue weighted by Crippen LogP contribution is -2.37. The van der Waals surface area contributed by atoms with Crippen LogP contribution in [0.1, 0.15) is 12.1 Å². The molecule has 2 aromatic carbocycles. The van der Waals surface area contributed by atoms with Crippen molar-refractivity contribution in [1.29, 1.82) is 0 Å². The van der Waals surface area contributed by atoms with E-state index in [1.807, 2.05) is 0 Å². The molecule has 0 aliphatic carbocycles. The molecule has 45 heavy (non-hydrogen) atoms. The normalized spacial score (nSPS) is 14.9. The first kappa shape index (κ1) is 32.5. The van der Waals surface area contributed by atoms with E-state index in [-0.39, 0.29) is 44.0 Å². The summed E-state index contributed by atoms with van der Waals surface area (Å²) in [6.45, 7) is 1.41. The second kappa shape index (κ2) is 14.5. The van der Waals surface area contributed by atoms with Gasteiger partial charge in [0.05, 0.1) is 72.2 Å². The minimum Gasteiger partial charge on any atom is -0.494 e. The van der Waals surface area contributed by atoms with Gasteiger partial charge in [0.25, 0.3) is 10.0 Å². The lowest BCUT2D eigenvalue weighted by atomic mass is 10.3. The van der Waals surface area contributed by atoms with Gasteiger partial charge >= 0.3 is 6.61 Å². The quantitative estimate of drug-likeness (QED) is 0.183. The molecule has 0 bridgehead atoms. The van der Waals surface area contributed by atoms with Crippen LogP contribution in [0.5, 0.6) is 23.0 Å². The zero-order valence-corrected chi connectivity index (χ0v) is 26.2. The van der Waals surface area contributed by atoms with E-state index in [1.165, 1.54) is 56.8 Å². The number of hydrogen-bond donors (Lipinski definition) is 0. The number of nitrogens with zero attached hydrogens (tertiary/aromatic N) is 4. The molecule has 1 saturated heterocycles. The monoisotopic (exact) mass is 666 g/mol. The summed E-state index contributed by atoms with van der Waals surface area (Å²) in [6, 6.07) is 11.0. The van der Waals surface area contributed by atoms with Crippen LogP contribution >= 0.6 is 0 Å². The number of aromatic nitrogens is 3. The first-order valence-corrected chi connectivity index (χ1v) is 16.7. The molecule has 0 radical (unpaired) electrons. The van der Waals surface area contributed by atoms with Crippen molar-refractivity contribution in [2.75, 3.05) is 53.7 Å². The minimum atomic E-state index is -4.39. The van der Waals surface area contributed by atoms with Gasteiger partial charge in [-0.1, -0.05) is 0 Å². The summed E-state index contributed by atoms with van der Waals surface area (Å²) in [5.41, 5.74) is 0.253. The van der Waals surface area contributed by atoms with Crippen molar-refractivity contribution < 1.29 is 45.1 Å². The van der Waals surface area contributed by atoms with Crippen LogP contribution in [-0.4, -0.2) is 91.8 Å². The first-order chi connectivity index (χ1) is 21.7. The summed E-state index contributed by atoms with van der Waals surface area (Å²) in [4.78, 5) is 10.7. The Kier molecular flexibility index (Phi) is 10.5. The van der Waals surface area contributed by atoms with Gasteiger partial charge in [-0.2, -0.15) is 8.78 Å². The summed E-state index contributed by atoms with van der Waals surface area (Å²) in [6.07, 6.45) is 2.23. The molecule has 2 aromatic heterocycles. The maximum Gasteiger partial charge on any atom is 0.387 e. The maximum atomic E-state index is 14.0. The molecule has 0 spiro atoms. The number of pyridine rings is 1. The third-order valence-corrected chi connectivity index (χ3v) is 10.0. The fourth-order valence-corrected chi connectivity index (χ4v) is 7.79. The Labute approximate surface area is 261 Å². The number of morpholine rings is 1. The minimum absolute atomic E-state index is 0.00846. The van der Waals surface area contributed by atoms with E-state index in [0.717, 1.165) is 49.3 Å². The average molecular weight is 667 g/mol. The van der Waals surface area contributed by atoms with E-state index >= 15 is 0 Å². The molecule has 5 rings (SSSR count). The number of benzene rings is 2. The highest BCUT2D eigenvalue weighted by molar-refractivity contribution is 7.91. The van der Waals surface area contributed by atoms with Crippen molar-refractivity contribution in [1.82, 2.24) is 18.8 Å². The molecule has 1 unspecified atom stereocenters. The molecule has 1 atom stereocenters. The second-order valence-corrected chi connectivity index (χ2v) is 12.9. The van der Waals surface area contributed by atoms with Crippen molar-refractivity contribution in [3.05, 3.63) is 60.4 Å². The predicted octanol–water partition coefficient (Wildman–Crippen LogP) is 3.70. The topological polar surface area (TPSA) is 131 Å². The number of alkyl halides is 2. The van der Waals surface area contributed by atoms with E-state index in [4.69, 9.17) is 18.9 Å². The standard InChI is InChI=1S/C29H32F2N4O8S2/c1-39-26-10-11-32-24(27(26)40-2)19-44(36)29-33-23-18-21(43-28(30)31)6-9-25(23)35(29)45(37,38)22-7-4-20(5-8-22)42-15-3-12-34-13-16-41-17-14-34/h4-11,18,28H,3,12-17,19H2,1-2H3. The molecule has 0 saturated carbocycles.